The molecule has 1 atom stereocenters. The zero-order valence-electron chi connectivity index (χ0n) is 13.5. The van der Waals surface area contributed by atoms with E-state index in [1.807, 2.05) is 54.6 Å². The zero-order valence-corrected chi connectivity index (χ0v) is 14.3. The number of rotatable bonds is 4. The minimum absolute atomic E-state index is 0.0850. The average Bonchev–Trinajstić information content (AvgIpc) is 3.12. The van der Waals surface area contributed by atoms with Gasteiger partial charge in [-0.1, -0.05) is 36.4 Å². The van der Waals surface area contributed by atoms with E-state index >= 15 is 0 Å². The lowest BCUT2D eigenvalue weighted by molar-refractivity contribution is 0.174. The first-order valence-electron chi connectivity index (χ1n) is 8.12. The molecule has 0 spiro atoms. The highest BCUT2D eigenvalue weighted by molar-refractivity contribution is 7.71. The summed E-state index contributed by atoms with van der Waals surface area (Å²) >= 11 is 5.47. The van der Waals surface area contributed by atoms with Gasteiger partial charge in [0.2, 0.25) is 5.88 Å². The number of benzene rings is 2. The molecular weight excluding hydrogens is 336 g/mol. The van der Waals surface area contributed by atoms with Crippen molar-refractivity contribution < 1.29 is 14.9 Å². The largest absolute Gasteiger partial charge is 0.493 e. The van der Waals surface area contributed by atoms with E-state index in [1.165, 1.54) is 0 Å². The van der Waals surface area contributed by atoms with Crippen molar-refractivity contribution in [3.05, 3.63) is 70.6 Å². The summed E-state index contributed by atoms with van der Waals surface area (Å²) in [5.41, 5.74) is 2.50. The molecule has 1 aromatic heterocycles. The number of aromatic hydroxyl groups is 1. The number of hydrogen-bond donors (Lipinski definition) is 2. The molecule has 5 nitrogen and oxygen atoms in total. The molecule has 3 aromatic rings. The van der Waals surface area contributed by atoms with Crippen LogP contribution in [-0.4, -0.2) is 25.5 Å². The van der Waals surface area contributed by atoms with Gasteiger partial charge in [0.1, 0.15) is 12.4 Å². The monoisotopic (exact) mass is 354 g/mol. The van der Waals surface area contributed by atoms with E-state index in [9.17, 15) is 10.2 Å². The fourth-order valence-corrected chi connectivity index (χ4v) is 3.53. The number of fused-ring (bicyclic) bond motifs is 1. The quantitative estimate of drug-likeness (QED) is 0.707. The first-order valence-corrected chi connectivity index (χ1v) is 8.53. The second kappa shape index (κ2) is 6.38. The smallest absolute Gasteiger partial charge is 0.218 e. The van der Waals surface area contributed by atoms with E-state index in [2.05, 4.69) is 0 Å². The van der Waals surface area contributed by atoms with Crippen LogP contribution in [0.2, 0.25) is 0 Å². The van der Waals surface area contributed by atoms with Gasteiger partial charge in [-0.05, 0) is 29.9 Å². The van der Waals surface area contributed by atoms with Crippen molar-refractivity contribution in [2.24, 2.45) is 0 Å². The van der Waals surface area contributed by atoms with Crippen molar-refractivity contribution in [1.29, 1.82) is 0 Å². The normalized spacial score (nSPS) is 16.0. The van der Waals surface area contributed by atoms with Crippen molar-refractivity contribution >= 4 is 12.2 Å². The maximum atomic E-state index is 10.5. The molecule has 0 bridgehead atoms. The first-order chi connectivity index (χ1) is 12.1. The van der Waals surface area contributed by atoms with Crippen molar-refractivity contribution in [2.45, 2.75) is 25.7 Å². The number of aliphatic hydroxyl groups excluding tert-OH is 1. The van der Waals surface area contributed by atoms with Gasteiger partial charge in [0.25, 0.3) is 0 Å². The van der Waals surface area contributed by atoms with Crippen LogP contribution in [0.3, 0.4) is 0 Å². The van der Waals surface area contributed by atoms with Gasteiger partial charge in [-0.25, -0.2) is 0 Å². The van der Waals surface area contributed by atoms with Crippen molar-refractivity contribution in [3.8, 4) is 17.3 Å². The second-order valence-corrected chi connectivity index (χ2v) is 6.49. The van der Waals surface area contributed by atoms with Gasteiger partial charge in [-0.3, -0.25) is 4.57 Å². The van der Waals surface area contributed by atoms with Crippen LogP contribution in [0.1, 0.15) is 11.3 Å². The first kappa shape index (κ1) is 15.9. The summed E-state index contributed by atoms with van der Waals surface area (Å²) in [6.45, 7) is 0.888. The number of nitrogens with zero attached hydrogens (tertiary/aromatic N) is 2. The fourth-order valence-electron chi connectivity index (χ4n) is 3.15. The van der Waals surface area contributed by atoms with E-state index in [-0.39, 0.29) is 5.88 Å². The lowest BCUT2D eigenvalue weighted by Gasteiger charge is -2.10. The van der Waals surface area contributed by atoms with Crippen LogP contribution in [0.25, 0.3) is 5.69 Å². The molecule has 0 radical (unpaired) electrons. The summed E-state index contributed by atoms with van der Waals surface area (Å²) in [6.07, 6.45) is -0.0788. The van der Waals surface area contributed by atoms with E-state index < -0.39 is 6.10 Å². The van der Waals surface area contributed by atoms with Gasteiger partial charge in [-0.15, -0.1) is 0 Å². The molecule has 0 saturated heterocycles. The molecular formula is C19H18N2O3S. The summed E-state index contributed by atoms with van der Waals surface area (Å²) in [4.78, 5) is 0. The second-order valence-electron chi connectivity index (χ2n) is 6.13. The fraction of sp³-hybridized carbons (Fsp3) is 0.211. The van der Waals surface area contributed by atoms with Crippen molar-refractivity contribution in [3.63, 3.8) is 0 Å². The Kier molecular flexibility index (Phi) is 4.07. The standard InChI is InChI=1S/C19H18N2O3S/c22-15-10-17-18(23)21(19(25)20(17)11-15)14-7-4-8-16(9-14)24-12-13-5-2-1-3-6-13/h1-9,15,22-23H,10-12H2/t15-/m1/s1. The van der Waals surface area contributed by atoms with Gasteiger partial charge < -0.3 is 19.5 Å². The van der Waals surface area contributed by atoms with E-state index in [0.717, 1.165) is 11.3 Å². The Labute approximate surface area is 150 Å². The molecule has 25 heavy (non-hydrogen) atoms. The number of imidazole rings is 1. The highest BCUT2D eigenvalue weighted by atomic mass is 32.1. The van der Waals surface area contributed by atoms with Gasteiger partial charge in [0.05, 0.1) is 24.0 Å². The van der Waals surface area contributed by atoms with Gasteiger partial charge in [-0.2, -0.15) is 0 Å². The minimum Gasteiger partial charge on any atom is -0.493 e. The van der Waals surface area contributed by atoms with E-state index in [4.69, 9.17) is 17.0 Å². The lowest BCUT2D eigenvalue weighted by atomic mass is 10.2. The molecule has 0 fully saturated rings. The molecule has 0 aliphatic carbocycles. The summed E-state index contributed by atoms with van der Waals surface area (Å²) in [5, 5.41) is 20.3. The van der Waals surface area contributed by atoms with Gasteiger partial charge in [0.15, 0.2) is 4.77 Å². The highest BCUT2D eigenvalue weighted by Gasteiger charge is 2.27. The van der Waals surface area contributed by atoms with Gasteiger partial charge in [0, 0.05) is 12.5 Å². The van der Waals surface area contributed by atoms with Crippen LogP contribution in [0, 0.1) is 4.77 Å². The Morgan fingerprint density at radius 1 is 1.12 bits per heavy atom. The Hall–Kier alpha value is -2.57. The van der Waals surface area contributed by atoms with E-state index in [0.29, 0.717) is 35.8 Å². The van der Waals surface area contributed by atoms with E-state index in [1.54, 1.807) is 9.13 Å². The lowest BCUT2D eigenvalue weighted by Crippen LogP contribution is -2.09. The zero-order chi connectivity index (χ0) is 17.4. The van der Waals surface area contributed by atoms with Crippen LogP contribution in [0.5, 0.6) is 11.6 Å². The minimum atomic E-state index is -0.488. The Bertz CT molecular complexity index is 963. The summed E-state index contributed by atoms with van der Waals surface area (Å²) in [6, 6.07) is 17.4. The van der Waals surface area contributed by atoms with Crippen LogP contribution < -0.4 is 4.74 Å². The number of hydrogen-bond acceptors (Lipinski definition) is 4. The summed E-state index contributed by atoms with van der Waals surface area (Å²) in [5.74, 6) is 0.788. The summed E-state index contributed by atoms with van der Waals surface area (Å²) in [7, 11) is 0. The maximum absolute atomic E-state index is 10.5. The Morgan fingerprint density at radius 3 is 2.68 bits per heavy atom. The molecule has 6 heteroatoms. The predicted octanol–water partition coefficient (Wildman–Crippen LogP) is 3.21. The Balaban J connectivity index is 1.63. The van der Waals surface area contributed by atoms with Crippen molar-refractivity contribution in [1.82, 2.24) is 9.13 Å². The summed E-state index contributed by atoms with van der Waals surface area (Å²) < 4.78 is 9.73. The predicted molar refractivity (Wildman–Crippen MR) is 96.7 cm³/mol. The maximum Gasteiger partial charge on any atom is 0.218 e. The molecule has 0 unspecified atom stereocenters. The molecule has 1 aliphatic heterocycles. The average molecular weight is 354 g/mol. The van der Waals surface area contributed by atoms with Crippen LogP contribution >= 0.6 is 12.2 Å². The van der Waals surface area contributed by atoms with Crippen LogP contribution in [-0.2, 0) is 19.6 Å². The van der Waals surface area contributed by atoms with Crippen LogP contribution in [0.4, 0.5) is 0 Å². The molecule has 2 heterocycles. The topological polar surface area (TPSA) is 59.5 Å². The third-order valence-electron chi connectivity index (χ3n) is 4.36. The van der Waals surface area contributed by atoms with Gasteiger partial charge >= 0.3 is 0 Å². The number of aliphatic hydroxyl groups is 1. The molecule has 128 valence electrons. The third-order valence-corrected chi connectivity index (χ3v) is 4.77. The molecule has 1 aliphatic rings. The molecule has 0 amide bonds. The molecule has 4 rings (SSSR count). The van der Waals surface area contributed by atoms with Crippen molar-refractivity contribution in [2.75, 3.05) is 0 Å². The number of ether oxygens (including phenoxy) is 1. The van der Waals surface area contributed by atoms with Crippen LogP contribution in [0.15, 0.2) is 54.6 Å². The third kappa shape index (κ3) is 2.94. The SMILES string of the molecule is Oc1c2n(c(=S)n1-c1cccc(OCc3ccccc3)c1)C[C@H](O)C2. The molecule has 0 saturated carbocycles. The highest BCUT2D eigenvalue weighted by Crippen LogP contribution is 2.31. The Morgan fingerprint density at radius 2 is 1.92 bits per heavy atom. The molecule has 2 N–H and O–H groups in total. The number of aromatic nitrogens is 2. The molecule has 2 aromatic carbocycles.